The quantitative estimate of drug-likeness (QED) is 0.406. The number of halogens is 1. The van der Waals surface area contributed by atoms with Crippen LogP contribution in [0.3, 0.4) is 0 Å². The van der Waals surface area contributed by atoms with Gasteiger partial charge < -0.3 is 11.1 Å². The van der Waals surface area contributed by atoms with Crippen molar-refractivity contribution in [1.82, 2.24) is 9.62 Å². The molecule has 1 atom stereocenters. The van der Waals surface area contributed by atoms with E-state index in [4.69, 9.17) is 5.73 Å². The smallest absolute Gasteiger partial charge is 0.211 e. The van der Waals surface area contributed by atoms with Crippen LogP contribution in [-0.2, 0) is 10.0 Å². The van der Waals surface area contributed by atoms with Crippen LogP contribution in [-0.4, -0.2) is 50.1 Å². The van der Waals surface area contributed by atoms with E-state index in [9.17, 15) is 8.42 Å². The van der Waals surface area contributed by atoms with Gasteiger partial charge in [-0.15, -0.1) is 24.0 Å². The van der Waals surface area contributed by atoms with Crippen molar-refractivity contribution in [2.75, 3.05) is 19.3 Å². The fourth-order valence-corrected chi connectivity index (χ4v) is 3.29. The number of nitrogens with one attached hydrogen (secondary N) is 1. The van der Waals surface area contributed by atoms with Crippen molar-refractivity contribution in [2.45, 2.75) is 37.8 Å². The van der Waals surface area contributed by atoms with Crippen molar-refractivity contribution < 1.29 is 8.42 Å². The molecule has 2 aliphatic rings. The largest absolute Gasteiger partial charge is 0.370 e. The van der Waals surface area contributed by atoms with Crippen molar-refractivity contribution >= 4 is 40.0 Å². The van der Waals surface area contributed by atoms with E-state index in [1.54, 1.807) is 0 Å². The summed E-state index contributed by atoms with van der Waals surface area (Å²) >= 11 is 0. The van der Waals surface area contributed by atoms with Crippen LogP contribution in [0.2, 0.25) is 0 Å². The molecule has 0 radical (unpaired) electrons. The molecule has 106 valence electrons. The highest BCUT2D eigenvalue weighted by atomic mass is 127. The average Bonchev–Trinajstić information content (AvgIpc) is 2.89. The minimum Gasteiger partial charge on any atom is -0.370 e. The first-order valence-electron chi connectivity index (χ1n) is 6.00. The molecule has 0 aromatic carbocycles. The maximum absolute atomic E-state index is 11.5. The Balaban J connectivity index is 0.00000162. The number of guanidine groups is 1. The fraction of sp³-hybridized carbons (Fsp3) is 0.900. The molecule has 0 spiro atoms. The summed E-state index contributed by atoms with van der Waals surface area (Å²) in [7, 11) is -3.11. The lowest BCUT2D eigenvalue weighted by Crippen LogP contribution is -2.38. The van der Waals surface area contributed by atoms with Gasteiger partial charge in [-0.3, -0.25) is 4.99 Å². The lowest BCUT2D eigenvalue weighted by molar-refractivity contribution is 0.397. The minimum absolute atomic E-state index is 0. The van der Waals surface area contributed by atoms with Gasteiger partial charge in [0, 0.05) is 18.6 Å². The van der Waals surface area contributed by atoms with Crippen LogP contribution >= 0.6 is 24.0 Å². The van der Waals surface area contributed by atoms with E-state index in [1.807, 2.05) is 0 Å². The van der Waals surface area contributed by atoms with Gasteiger partial charge in [-0.25, -0.2) is 8.42 Å². The van der Waals surface area contributed by atoms with E-state index in [0.29, 0.717) is 25.1 Å². The Hall–Kier alpha value is -0.0900. The van der Waals surface area contributed by atoms with E-state index in [2.05, 4.69) is 10.3 Å². The standard InChI is InChI=1S/C10H20N4O2S.HI/c1-17(15,16)14-6-2-3-9(14)7-12-10(11)13-8-4-5-8;/h8-9H,2-7H2,1H3,(H3,11,12,13);1H/t9-;/m1./s1. The van der Waals surface area contributed by atoms with Gasteiger partial charge in [0.2, 0.25) is 10.0 Å². The molecule has 0 unspecified atom stereocenters. The molecule has 2 fully saturated rings. The Morgan fingerprint density at radius 3 is 2.67 bits per heavy atom. The summed E-state index contributed by atoms with van der Waals surface area (Å²) in [5.74, 6) is 0.438. The van der Waals surface area contributed by atoms with Crippen LogP contribution in [0.5, 0.6) is 0 Å². The van der Waals surface area contributed by atoms with Gasteiger partial charge in [-0.05, 0) is 25.7 Å². The number of rotatable bonds is 4. The van der Waals surface area contributed by atoms with Crippen LogP contribution in [0, 0.1) is 0 Å². The molecule has 0 bridgehead atoms. The Kier molecular flexibility index (Phi) is 5.66. The van der Waals surface area contributed by atoms with Crippen molar-refractivity contribution in [1.29, 1.82) is 0 Å². The highest BCUT2D eigenvalue weighted by Gasteiger charge is 2.31. The molecule has 0 aromatic heterocycles. The number of nitrogens with two attached hydrogens (primary N) is 1. The minimum atomic E-state index is -3.11. The Bertz CT molecular complexity index is 408. The molecule has 18 heavy (non-hydrogen) atoms. The van der Waals surface area contributed by atoms with Gasteiger partial charge >= 0.3 is 0 Å². The molecule has 2 rings (SSSR count). The third-order valence-electron chi connectivity index (χ3n) is 3.15. The summed E-state index contributed by atoms with van der Waals surface area (Å²) in [4.78, 5) is 4.23. The number of hydrogen-bond donors (Lipinski definition) is 2. The zero-order valence-electron chi connectivity index (χ0n) is 10.5. The molecule has 1 saturated heterocycles. The van der Waals surface area contributed by atoms with Crippen molar-refractivity contribution in [3.63, 3.8) is 0 Å². The van der Waals surface area contributed by atoms with Crippen LogP contribution in [0.15, 0.2) is 4.99 Å². The normalized spacial score (nSPS) is 25.8. The zero-order valence-corrected chi connectivity index (χ0v) is 13.6. The maximum Gasteiger partial charge on any atom is 0.211 e. The van der Waals surface area contributed by atoms with Gasteiger partial charge in [0.05, 0.1) is 12.8 Å². The van der Waals surface area contributed by atoms with Crippen LogP contribution in [0.4, 0.5) is 0 Å². The Morgan fingerprint density at radius 2 is 2.11 bits per heavy atom. The van der Waals surface area contributed by atoms with Gasteiger partial charge in [-0.2, -0.15) is 4.31 Å². The second-order valence-electron chi connectivity index (χ2n) is 4.81. The summed E-state index contributed by atoms with van der Waals surface area (Å²) in [6.07, 6.45) is 5.32. The Labute approximate surface area is 125 Å². The predicted molar refractivity (Wildman–Crippen MR) is 82.6 cm³/mol. The molecule has 1 aliphatic carbocycles. The molecule has 1 saturated carbocycles. The molecular formula is C10H21IN4O2S. The third-order valence-corrected chi connectivity index (χ3v) is 4.48. The SMILES string of the molecule is CS(=O)(=O)N1CCC[C@@H]1CN=C(N)NC1CC1.I. The first kappa shape index (κ1) is 16.0. The lowest BCUT2D eigenvalue weighted by Gasteiger charge is -2.20. The molecule has 0 amide bonds. The van der Waals surface area contributed by atoms with E-state index in [0.717, 1.165) is 25.7 Å². The first-order chi connectivity index (χ1) is 7.97. The number of nitrogens with zero attached hydrogens (tertiary/aromatic N) is 2. The van der Waals surface area contributed by atoms with E-state index in [-0.39, 0.29) is 30.0 Å². The highest BCUT2D eigenvalue weighted by Crippen LogP contribution is 2.21. The summed E-state index contributed by atoms with van der Waals surface area (Å²) < 4.78 is 24.5. The van der Waals surface area contributed by atoms with Gasteiger partial charge in [0.15, 0.2) is 5.96 Å². The van der Waals surface area contributed by atoms with Crippen LogP contribution in [0.25, 0.3) is 0 Å². The first-order valence-corrected chi connectivity index (χ1v) is 7.85. The molecule has 6 nitrogen and oxygen atoms in total. The van der Waals surface area contributed by atoms with Crippen LogP contribution in [0.1, 0.15) is 25.7 Å². The Morgan fingerprint density at radius 1 is 1.44 bits per heavy atom. The second kappa shape index (κ2) is 6.38. The molecule has 1 aliphatic heterocycles. The number of sulfonamides is 1. The molecule has 0 aromatic rings. The van der Waals surface area contributed by atoms with E-state index in [1.165, 1.54) is 10.6 Å². The monoisotopic (exact) mass is 388 g/mol. The topological polar surface area (TPSA) is 87.8 Å². The zero-order chi connectivity index (χ0) is 12.5. The molecular weight excluding hydrogens is 367 g/mol. The number of hydrogen-bond acceptors (Lipinski definition) is 3. The maximum atomic E-state index is 11.5. The summed E-state index contributed by atoms with van der Waals surface area (Å²) in [6, 6.07) is 0.456. The number of aliphatic imine (C=N–C) groups is 1. The van der Waals surface area contributed by atoms with Crippen LogP contribution < -0.4 is 11.1 Å². The van der Waals surface area contributed by atoms with Gasteiger partial charge in [0.1, 0.15) is 0 Å². The molecule has 3 N–H and O–H groups in total. The van der Waals surface area contributed by atoms with Crippen molar-refractivity contribution in [3.05, 3.63) is 0 Å². The summed E-state index contributed by atoms with van der Waals surface area (Å²) in [5.41, 5.74) is 5.72. The molecule has 1 heterocycles. The van der Waals surface area contributed by atoms with E-state index < -0.39 is 10.0 Å². The van der Waals surface area contributed by atoms with Crippen molar-refractivity contribution in [3.8, 4) is 0 Å². The molecule has 8 heteroatoms. The van der Waals surface area contributed by atoms with Crippen molar-refractivity contribution in [2.24, 2.45) is 10.7 Å². The van der Waals surface area contributed by atoms with E-state index >= 15 is 0 Å². The van der Waals surface area contributed by atoms with Gasteiger partial charge in [0.25, 0.3) is 0 Å². The third kappa shape index (κ3) is 4.54. The summed E-state index contributed by atoms with van der Waals surface area (Å²) in [5, 5.41) is 3.09. The highest BCUT2D eigenvalue weighted by molar-refractivity contribution is 14.0. The predicted octanol–water partition coefficient (Wildman–Crippen LogP) is 0.0951. The second-order valence-corrected chi connectivity index (χ2v) is 6.75. The lowest BCUT2D eigenvalue weighted by atomic mass is 10.2. The summed E-state index contributed by atoms with van der Waals surface area (Å²) in [6.45, 7) is 1.06. The van der Waals surface area contributed by atoms with Gasteiger partial charge in [-0.1, -0.05) is 0 Å². The average molecular weight is 388 g/mol. The fourth-order valence-electron chi connectivity index (χ4n) is 2.11.